The van der Waals surface area contributed by atoms with Crippen LogP contribution in [0.4, 0.5) is 0 Å². The summed E-state index contributed by atoms with van der Waals surface area (Å²) >= 11 is 0. The predicted octanol–water partition coefficient (Wildman–Crippen LogP) is 2.67. The highest BCUT2D eigenvalue weighted by Gasteiger charge is 2.26. The van der Waals surface area contributed by atoms with E-state index in [1.807, 2.05) is 43.0 Å². The molecule has 2 aromatic rings. The molecule has 0 radical (unpaired) electrons. The summed E-state index contributed by atoms with van der Waals surface area (Å²) in [5.74, 6) is 0.794. The van der Waals surface area contributed by atoms with Crippen molar-refractivity contribution >= 4 is 17.5 Å². The molecule has 1 aliphatic heterocycles. The molecule has 1 saturated heterocycles. The van der Waals surface area contributed by atoms with E-state index in [-0.39, 0.29) is 24.0 Å². The first-order valence-corrected chi connectivity index (χ1v) is 10.7. The number of amides is 1. The fourth-order valence-corrected chi connectivity index (χ4v) is 4.25. The smallest absolute Gasteiger partial charge is 0.227 e. The zero-order valence-electron chi connectivity index (χ0n) is 18.8. The lowest BCUT2D eigenvalue weighted by atomic mass is 10.0. The van der Waals surface area contributed by atoms with Crippen molar-refractivity contribution in [1.29, 1.82) is 0 Å². The van der Waals surface area contributed by atoms with Gasteiger partial charge in [-0.3, -0.25) is 19.3 Å². The Morgan fingerprint density at radius 1 is 1.13 bits per heavy atom. The van der Waals surface area contributed by atoms with E-state index in [0.29, 0.717) is 50.3 Å². The number of aromatic nitrogens is 1. The number of rotatable bonds is 8. The van der Waals surface area contributed by atoms with Gasteiger partial charge >= 0.3 is 0 Å². The number of piperazine rings is 1. The van der Waals surface area contributed by atoms with Gasteiger partial charge in [0.15, 0.2) is 11.6 Å². The number of hydrogen-bond donors (Lipinski definition) is 1. The molecule has 0 aliphatic carbocycles. The van der Waals surface area contributed by atoms with Crippen LogP contribution in [-0.2, 0) is 17.6 Å². The molecule has 3 rings (SSSR count). The Bertz CT molecular complexity index is 971. The number of aromatic amines is 1. The molecule has 2 heterocycles. The van der Waals surface area contributed by atoms with Crippen molar-refractivity contribution in [2.75, 3.05) is 39.8 Å². The fourth-order valence-electron chi connectivity index (χ4n) is 4.25. The highest BCUT2D eigenvalue weighted by molar-refractivity contribution is 6.04. The highest BCUT2D eigenvalue weighted by Crippen LogP contribution is 2.21. The van der Waals surface area contributed by atoms with Crippen molar-refractivity contribution in [2.24, 2.45) is 0 Å². The standard InChI is InChI=1S/C24H31N3O4/c1-5-20-23(17(3)28)16(2)25-24(20)21(29)15-26-9-11-27(12-10-26)22(30)14-18-7-6-8-19(13-18)31-4/h6-8,13,25H,5,9-12,14-15H2,1-4H3. The average Bonchev–Trinajstić information content (AvgIpc) is 3.11. The van der Waals surface area contributed by atoms with Crippen LogP contribution in [0.3, 0.4) is 0 Å². The molecule has 7 heteroatoms. The zero-order valence-corrected chi connectivity index (χ0v) is 18.8. The highest BCUT2D eigenvalue weighted by atomic mass is 16.5. The Labute approximate surface area is 183 Å². The number of benzene rings is 1. The van der Waals surface area contributed by atoms with E-state index in [4.69, 9.17) is 4.74 Å². The number of ketones is 2. The summed E-state index contributed by atoms with van der Waals surface area (Å²) in [6, 6.07) is 7.55. The number of carbonyl (C=O) groups is 3. The minimum Gasteiger partial charge on any atom is -0.497 e. The Balaban J connectivity index is 1.56. The van der Waals surface area contributed by atoms with Crippen LogP contribution >= 0.6 is 0 Å². The summed E-state index contributed by atoms with van der Waals surface area (Å²) in [7, 11) is 1.61. The molecule has 1 amide bonds. The van der Waals surface area contributed by atoms with Crippen molar-refractivity contribution < 1.29 is 19.1 Å². The molecule has 0 saturated carbocycles. The third-order valence-corrected chi connectivity index (χ3v) is 5.86. The number of carbonyl (C=O) groups excluding carboxylic acids is 3. The van der Waals surface area contributed by atoms with Crippen molar-refractivity contribution in [2.45, 2.75) is 33.6 Å². The lowest BCUT2D eigenvalue weighted by Gasteiger charge is -2.34. The second-order valence-corrected chi connectivity index (χ2v) is 8.00. The first-order chi connectivity index (χ1) is 14.8. The molecule has 0 atom stereocenters. The second kappa shape index (κ2) is 9.92. The molecule has 0 bridgehead atoms. The third kappa shape index (κ3) is 5.22. The van der Waals surface area contributed by atoms with E-state index >= 15 is 0 Å². The van der Waals surface area contributed by atoms with Crippen molar-refractivity contribution in [3.05, 3.63) is 52.3 Å². The maximum Gasteiger partial charge on any atom is 0.227 e. The molecule has 1 aromatic carbocycles. The lowest BCUT2D eigenvalue weighted by Crippen LogP contribution is -2.50. The summed E-state index contributed by atoms with van der Waals surface area (Å²) < 4.78 is 5.22. The van der Waals surface area contributed by atoms with Gasteiger partial charge in [0.2, 0.25) is 5.91 Å². The number of ether oxygens (including phenoxy) is 1. The maximum atomic E-state index is 12.9. The molecule has 1 N–H and O–H groups in total. The van der Waals surface area contributed by atoms with Crippen molar-refractivity contribution in [1.82, 2.24) is 14.8 Å². The van der Waals surface area contributed by atoms with E-state index in [9.17, 15) is 14.4 Å². The topological polar surface area (TPSA) is 82.7 Å². The summed E-state index contributed by atoms with van der Waals surface area (Å²) in [5.41, 5.74) is 3.67. The summed E-state index contributed by atoms with van der Waals surface area (Å²) in [4.78, 5) is 44.6. The molecule has 31 heavy (non-hydrogen) atoms. The van der Waals surface area contributed by atoms with Crippen LogP contribution < -0.4 is 4.74 Å². The second-order valence-electron chi connectivity index (χ2n) is 8.00. The normalized spacial score (nSPS) is 14.5. The minimum atomic E-state index is -0.0205. The molecular weight excluding hydrogens is 394 g/mol. The van der Waals surface area contributed by atoms with Gasteiger partial charge in [-0.05, 0) is 43.5 Å². The van der Waals surface area contributed by atoms with Crippen LogP contribution in [-0.4, -0.2) is 72.1 Å². The van der Waals surface area contributed by atoms with Crippen LogP contribution in [0, 0.1) is 6.92 Å². The van der Waals surface area contributed by atoms with Gasteiger partial charge in [-0.2, -0.15) is 0 Å². The zero-order chi connectivity index (χ0) is 22.5. The monoisotopic (exact) mass is 425 g/mol. The van der Waals surface area contributed by atoms with E-state index in [1.165, 1.54) is 6.92 Å². The van der Waals surface area contributed by atoms with E-state index < -0.39 is 0 Å². The Morgan fingerprint density at radius 3 is 2.45 bits per heavy atom. The van der Waals surface area contributed by atoms with Gasteiger partial charge < -0.3 is 14.6 Å². The van der Waals surface area contributed by atoms with Crippen LogP contribution in [0.15, 0.2) is 24.3 Å². The molecule has 166 valence electrons. The summed E-state index contributed by atoms with van der Waals surface area (Å²) in [6.07, 6.45) is 0.971. The van der Waals surface area contributed by atoms with E-state index in [2.05, 4.69) is 9.88 Å². The summed E-state index contributed by atoms with van der Waals surface area (Å²) in [5, 5.41) is 0. The van der Waals surface area contributed by atoms with E-state index in [1.54, 1.807) is 7.11 Å². The Hall–Kier alpha value is -2.93. The SMILES string of the molecule is CCc1c(C(=O)CN2CCN(C(=O)Cc3cccc(OC)c3)CC2)[nH]c(C)c1C(C)=O. The van der Waals surface area contributed by atoms with Gasteiger partial charge in [-0.25, -0.2) is 0 Å². The molecule has 0 unspecified atom stereocenters. The quantitative estimate of drug-likeness (QED) is 0.658. The number of Topliss-reactive ketones (excluding diaryl/α,β-unsaturated/α-hetero) is 2. The number of nitrogens with zero attached hydrogens (tertiary/aromatic N) is 2. The van der Waals surface area contributed by atoms with Gasteiger partial charge in [0.05, 0.1) is 25.8 Å². The number of hydrogen-bond acceptors (Lipinski definition) is 5. The van der Waals surface area contributed by atoms with Crippen LogP contribution in [0.1, 0.15) is 51.5 Å². The Kier molecular flexibility index (Phi) is 7.28. The van der Waals surface area contributed by atoms with Crippen LogP contribution in [0.5, 0.6) is 5.75 Å². The predicted molar refractivity (Wildman–Crippen MR) is 119 cm³/mol. The molecular formula is C24H31N3O4. The molecule has 0 spiro atoms. The number of aryl methyl sites for hydroxylation is 1. The van der Waals surface area contributed by atoms with Gasteiger partial charge in [-0.15, -0.1) is 0 Å². The van der Waals surface area contributed by atoms with Crippen LogP contribution in [0.2, 0.25) is 0 Å². The summed E-state index contributed by atoms with van der Waals surface area (Å²) in [6.45, 7) is 8.09. The molecule has 7 nitrogen and oxygen atoms in total. The van der Waals surface area contributed by atoms with Gasteiger partial charge in [-0.1, -0.05) is 19.1 Å². The van der Waals surface area contributed by atoms with Crippen molar-refractivity contribution in [3.8, 4) is 5.75 Å². The molecule has 1 aliphatic rings. The molecule has 1 aromatic heterocycles. The molecule has 1 fully saturated rings. The van der Waals surface area contributed by atoms with Gasteiger partial charge in [0.1, 0.15) is 5.75 Å². The first-order valence-electron chi connectivity index (χ1n) is 10.7. The lowest BCUT2D eigenvalue weighted by molar-refractivity contribution is -0.132. The maximum absolute atomic E-state index is 12.9. The van der Waals surface area contributed by atoms with Gasteiger partial charge in [0, 0.05) is 37.4 Å². The Morgan fingerprint density at radius 2 is 1.84 bits per heavy atom. The largest absolute Gasteiger partial charge is 0.497 e. The number of nitrogens with one attached hydrogen (secondary N) is 1. The fraction of sp³-hybridized carbons (Fsp3) is 0.458. The number of H-pyrrole nitrogens is 1. The first kappa shape index (κ1) is 22.7. The van der Waals surface area contributed by atoms with E-state index in [0.717, 1.165) is 22.6 Å². The van der Waals surface area contributed by atoms with Gasteiger partial charge in [0.25, 0.3) is 0 Å². The number of methoxy groups -OCH3 is 1. The third-order valence-electron chi connectivity index (χ3n) is 5.86. The van der Waals surface area contributed by atoms with Crippen LogP contribution in [0.25, 0.3) is 0 Å². The average molecular weight is 426 g/mol. The van der Waals surface area contributed by atoms with Crippen molar-refractivity contribution in [3.63, 3.8) is 0 Å². The minimum absolute atomic E-state index is 0.0105.